The van der Waals surface area contributed by atoms with E-state index in [1.54, 1.807) is 12.1 Å². The fourth-order valence-electron chi connectivity index (χ4n) is 2.92. The van der Waals surface area contributed by atoms with E-state index in [-0.39, 0.29) is 5.02 Å². The molecule has 0 aromatic heterocycles. The molecule has 1 nitrogen and oxygen atoms in total. The molecule has 0 saturated heterocycles. The maximum Gasteiger partial charge on any atom is 0.426 e. The summed E-state index contributed by atoms with van der Waals surface area (Å²) >= 11 is 6.10. The van der Waals surface area contributed by atoms with E-state index >= 15 is 0 Å². The van der Waals surface area contributed by atoms with Crippen LogP contribution < -0.4 is 4.74 Å². The number of benzene rings is 3. The van der Waals surface area contributed by atoms with Crippen molar-refractivity contribution in [1.82, 2.24) is 0 Å². The summed E-state index contributed by atoms with van der Waals surface area (Å²) in [6, 6.07) is 8.44. The molecule has 0 aliphatic carbocycles. The molecule has 0 aliphatic heterocycles. The molecule has 0 spiro atoms. The molecule has 0 bridgehead atoms. The third kappa shape index (κ3) is 4.41. The predicted octanol–water partition coefficient (Wildman–Crippen LogP) is 7.64. The van der Waals surface area contributed by atoms with Gasteiger partial charge < -0.3 is 4.74 Å². The largest absolute Gasteiger partial charge is 0.429 e. The molecule has 30 heavy (non-hydrogen) atoms. The minimum atomic E-state index is -3.96. The van der Waals surface area contributed by atoms with Crippen LogP contribution >= 0.6 is 11.6 Å². The molecule has 3 aromatic carbocycles. The lowest BCUT2D eigenvalue weighted by Gasteiger charge is -2.19. The van der Waals surface area contributed by atoms with E-state index in [4.69, 9.17) is 11.6 Å². The molecule has 0 saturated carbocycles. The highest BCUT2D eigenvalue weighted by atomic mass is 35.5. The van der Waals surface area contributed by atoms with Crippen LogP contribution in [0.3, 0.4) is 0 Å². The average Bonchev–Trinajstić information content (AvgIpc) is 2.70. The van der Waals surface area contributed by atoms with E-state index in [1.807, 2.05) is 6.92 Å². The van der Waals surface area contributed by atoms with Gasteiger partial charge in [0.05, 0.1) is 10.6 Å². The van der Waals surface area contributed by atoms with Crippen LogP contribution in [-0.2, 0) is 12.5 Å². The molecular formula is C22H15ClF6O. The number of ether oxygens (including phenoxy) is 1. The van der Waals surface area contributed by atoms with Gasteiger partial charge in [-0.2, -0.15) is 8.78 Å². The summed E-state index contributed by atoms with van der Waals surface area (Å²) in [7, 11) is 0. The number of aryl methyl sites for hydroxylation is 1. The van der Waals surface area contributed by atoms with Crippen molar-refractivity contribution in [2.75, 3.05) is 0 Å². The average molecular weight is 445 g/mol. The minimum absolute atomic E-state index is 0.117. The summed E-state index contributed by atoms with van der Waals surface area (Å²) in [6.07, 6.45) is -2.72. The van der Waals surface area contributed by atoms with Gasteiger partial charge in [-0.3, -0.25) is 0 Å². The summed E-state index contributed by atoms with van der Waals surface area (Å²) in [5.41, 5.74) is 0.546. The molecule has 0 unspecified atom stereocenters. The van der Waals surface area contributed by atoms with Crippen molar-refractivity contribution >= 4 is 11.6 Å². The first kappa shape index (κ1) is 22.0. The van der Waals surface area contributed by atoms with Crippen LogP contribution in [0.5, 0.6) is 5.75 Å². The van der Waals surface area contributed by atoms with Crippen LogP contribution in [0.1, 0.15) is 24.5 Å². The molecule has 0 heterocycles. The molecule has 0 fully saturated rings. The molecule has 0 amide bonds. The summed E-state index contributed by atoms with van der Waals surface area (Å²) < 4.78 is 86.9. The van der Waals surface area contributed by atoms with Crippen LogP contribution in [0.2, 0.25) is 5.02 Å². The summed E-state index contributed by atoms with van der Waals surface area (Å²) in [5, 5.41) is -0.117. The highest BCUT2D eigenvalue weighted by Crippen LogP contribution is 2.36. The third-order valence-corrected chi connectivity index (χ3v) is 4.79. The fourth-order valence-corrected chi connectivity index (χ4v) is 3.21. The Balaban J connectivity index is 1.87. The Labute approximate surface area is 173 Å². The molecule has 3 aromatic rings. The lowest BCUT2D eigenvalue weighted by atomic mass is 10.00. The van der Waals surface area contributed by atoms with Gasteiger partial charge in [0.1, 0.15) is 11.6 Å². The topological polar surface area (TPSA) is 9.23 Å². The first-order valence-electron chi connectivity index (χ1n) is 8.93. The maximum atomic E-state index is 14.4. The Bertz CT molecular complexity index is 1040. The summed E-state index contributed by atoms with van der Waals surface area (Å²) in [4.78, 5) is 0. The van der Waals surface area contributed by atoms with Gasteiger partial charge >= 0.3 is 6.11 Å². The Kier molecular flexibility index (Phi) is 6.31. The Hall–Kier alpha value is -2.67. The number of hydrogen-bond acceptors (Lipinski definition) is 1. The van der Waals surface area contributed by atoms with Crippen LogP contribution in [-0.4, -0.2) is 0 Å². The second kappa shape index (κ2) is 8.60. The zero-order valence-electron chi connectivity index (χ0n) is 15.6. The van der Waals surface area contributed by atoms with E-state index in [9.17, 15) is 26.3 Å². The quantitative estimate of drug-likeness (QED) is 0.280. The zero-order valence-corrected chi connectivity index (χ0v) is 16.3. The lowest BCUT2D eigenvalue weighted by molar-refractivity contribution is -0.185. The molecule has 0 radical (unpaired) electrons. The highest BCUT2D eigenvalue weighted by Gasteiger charge is 2.35. The van der Waals surface area contributed by atoms with Crippen molar-refractivity contribution < 1.29 is 31.1 Å². The van der Waals surface area contributed by atoms with Crippen molar-refractivity contribution in [3.63, 3.8) is 0 Å². The summed E-state index contributed by atoms with van der Waals surface area (Å²) in [6.45, 7) is 1.90. The van der Waals surface area contributed by atoms with Gasteiger partial charge in [0.15, 0.2) is 17.5 Å². The van der Waals surface area contributed by atoms with E-state index in [0.29, 0.717) is 35.2 Å². The fraction of sp³-hybridized carbons (Fsp3) is 0.182. The normalized spacial score (nSPS) is 11.6. The zero-order chi connectivity index (χ0) is 22.1. The Morgan fingerprint density at radius 2 is 1.47 bits per heavy atom. The molecular weight excluding hydrogens is 430 g/mol. The Morgan fingerprint density at radius 1 is 0.867 bits per heavy atom. The third-order valence-electron chi connectivity index (χ3n) is 4.42. The molecule has 0 aliphatic rings. The minimum Gasteiger partial charge on any atom is -0.429 e. The van der Waals surface area contributed by atoms with Gasteiger partial charge in [-0.25, -0.2) is 17.6 Å². The molecule has 8 heteroatoms. The van der Waals surface area contributed by atoms with Crippen molar-refractivity contribution in [3.05, 3.63) is 87.9 Å². The van der Waals surface area contributed by atoms with E-state index in [2.05, 4.69) is 4.74 Å². The second-order valence-electron chi connectivity index (χ2n) is 6.55. The smallest absolute Gasteiger partial charge is 0.426 e. The standard InChI is InChI=1S/C22H15ClF6O/c1-2-3-13-6-9-16(19(23)20(13)26)12-4-7-14(8-5-12)22(28,29)30-15-10-17(24)21(27)18(25)11-15/h4-11H,2-3H2,1H3. The van der Waals surface area contributed by atoms with Gasteiger partial charge in [0.2, 0.25) is 0 Å². The first-order chi connectivity index (χ1) is 14.1. The number of halogens is 7. The van der Waals surface area contributed by atoms with Gasteiger partial charge in [0.25, 0.3) is 0 Å². The van der Waals surface area contributed by atoms with Gasteiger partial charge in [-0.15, -0.1) is 0 Å². The van der Waals surface area contributed by atoms with E-state index in [1.165, 1.54) is 12.1 Å². The monoisotopic (exact) mass is 444 g/mol. The lowest BCUT2D eigenvalue weighted by Crippen LogP contribution is -2.22. The highest BCUT2D eigenvalue weighted by molar-refractivity contribution is 6.33. The van der Waals surface area contributed by atoms with Crippen LogP contribution in [0.25, 0.3) is 11.1 Å². The van der Waals surface area contributed by atoms with Gasteiger partial charge in [-0.05, 0) is 29.7 Å². The number of alkyl halides is 2. The second-order valence-corrected chi connectivity index (χ2v) is 6.93. The maximum absolute atomic E-state index is 14.4. The van der Waals surface area contributed by atoms with Crippen LogP contribution in [0.4, 0.5) is 26.3 Å². The first-order valence-corrected chi connectivity index (χ1v) is 9.31. The molecule has 158 valence electrons. The van der Waals surface area contributed by atoms with Crippen LogP contribution in [0, 0.1) is 23.3 Å². The predicted molar refractivity (Wildman–Crippen MR) is 102 cm³/mol. The van der Waals surface area contributed by atoms with Crippen molar-refractivity contribution in [2.24, 2.45) is 0 Å². The SMILES string of the molecule is CCCc1ccc(-c2ccc(C(F)(F)Oc3cc(F)c(F)c(F)c3)cc2)c(Cl)c1F. The summed E-state index contributed by atoms with van der Waals surface area (Å²) in [5.74, 6) is -6.53. The Morgan fingerprint density at radius 3 is 2.03 bits per heavy atom. The van der Waals surface area contributed by atoms with E-state index in [0.717, 1.165) is 18.6 Å². The van der Waals surface area contributed by atoms with Crippen molar-refractivity contribution in [2.45, 2.75) is 25.9 Å². The number of rotatable bonds is 6. The van der Waals surface area contributed by atoms with Gasteiger partial charge in [0, 0.05) is 17.7 Å². The van der Waals surface area contributed by atoms with Crippen molar-refractivity contribution in [1.29, 1.82) is 0 Å². The molecule has 0 N–H and O–H groups in total. The number of hydrogen-bond donors (Lipinski definition) is 0. The van der Waals surface area contributed by atoms with Crippen molar-refractivity contribution in [3.8, 4) is 16.9 Å². The molecule has 0 atom stereocenters. The van der Waals surface area contributed by atoms with Crippen LogP contribution in [0.15, 0.2) is 48.5 Å². The van der Waals surface area contributed by atoms with E-state index < -0.39 is 40.7 Å². The van der Waals surface area contributed by atoms with Gasteiger partial charge in [-0.1, -0.05) is 49.2 Å². The molecule has 3 rings (SSSR count).